The van der Waals surface area contributed by atoms with Crippen LogP contribution >= 0.6 is 11.8 Å². The van der Waals surface area contributed by atoms with Crippen LogP contribution in [0.4, 0.5) is 0 Å². The summed E-state index contributed by atoms with van der Waals surface area (Å²) < 4.78 is 0. The van der Waals surface area contributed by atoms with Gasteiger partial charge in [0.15, 0.2) is 0 Å². The average molecular weight is 129 g/mol. The van der Waals surface area contributed by atoms with Gasteiger partial charge in [0.05, 0.1) is 0 Å². The van der Waals surface area contributed by atoms with Gasteiger partial charge in [-0.05, 0) is 31.8 Å². The van der Waals surface area contributed by atoms with E-state index in [9.17, 15) is 0 Å². The van der Waals surface area contributed by atoms with Crippen LogP contribution in [0.5, 0.6) is 0 Å². The van der Waals surface area contributed by atoms with Crippen molar-refractivity contribution < 1.29 is 0 Å². The summed E-state index contributed by atoms with van der Waals surface area (Å²) in [4.78, 5) is 0. The van der Waals surface area contributed by atoms with E-state index >= 15 is 0 Å². The van der Waals surface area contributed by atoms with Gasteiger partial charge in [0.1, 0.15) is 0 Å². The molecule has 1 heteroatoms. The summed E-state index contributed by atoms with van der Waals surface area (Å²) in [6.45, 7) is 3.60. The monoisotopic (exact) mass is 129 g/mol. The summed E-state index contributed by atoms with van der Waals surface area (Å²) in [5.41, 5.74) is 0. The highest BCUT2D eigenvalue weighted by atomic mass is 32.2. The summed E-state index contributed by atoms with van der Waals surface area (Å²) in [5.74, 6) is 1.27. The van der Waals surface area contributed by atoms with Gasteiger partial charge in [-0.3, -0.25) is 0 Å². The van der Waals surface area contributed by atoms with Gasteiger partial charge in [0.25, 0.3) is 0 Å². The normalized spacial score (nSPS) is 10.8. The van der Waals surface area contributed by atoms with Crippen LogP contribution in [0.15, 0.2) is 12.2 Å². The first-order chi connectivity index (χ1) is 3.91. The Bertz CT molecular complexity index is 57.4. The molecule has 0 fully saturated rings. The second-order valence-electron chi connectivity index (χ2n) is 1.61. The van der Waals surface area contributed by atoms with Gasteiger partial charge in [0, 0.05) is 0 Å². The van der Waals surface area contributed by atoms with Crippen molar-refractivity contribution in [2.45, 2.75) is 12.8 Å². The van der Waals surface area contributed by atoms with Gasteiger partial charge in [-0.15, -0.1) is 0 Å². The van der Waals surface area contributed by atoms with Crippen molar-refractivity contribution in [1.82, 2.24) is 0 Å². The van der Waals surface area contributed by atoms with Gasteiger partial charge in [-0.25, -0.2) is 0 Å². The zero-order valence-corrected chi connectivity index (χ0v) is 6.21. The fourth-order valence-electron chi connectivity index (χ4n) is 0.463. The van der Waals surface area contributed by atoms with Crippen LogP contribution in [0, 0.1) is 6.92 Å². The first-order valence-electron chi connectivity index (χ1n) is 2.85. The number of hydrogen-bond acceptors (Lipinski definition) is 1. The Morgan fingerprint density at radius 2 is 2.38 bits per heavy atom. The van der Waals surface area contributed by atoms with Crippen molar-refractivity contribution in [2.75, 3.05) is 12.0 Å². The molecule has 0 unspecified atom stereocenters. The maximum atomic E-state index is 3.60. The molecule has 0 saturated carbocycles. The van der Waals surface area contributed by atoms with E-state index in [1.807, 2.05) is 17.8 Å². The van der Waals surface area contributed by atoms with Crippen molar-refractivity contribution in [3.05, 3.63) is 19.1 Å². The second-order valence-corrected chi connectivity index (χ2v) is 2.59. The molecule has 0 rings (SSSR count). The lowest BCUT2D eigenvalue weighted by Gasteiger charge is -1.89. The molecule has 0 aliphatic carbocycles. The minimum atomic E-state index is 1.18. The molecular weight excluding hydrogens is 116 g/mol. The summed E-state index contributed by atoms with van der Waals surface area (Å²) >= 11 is 1.90. The van der Waals surface area contributed by atoms with Gasteiger partial charge in [-0.2, -0.15) is 11.8 Å². The molecule has 0 saturated heterocycles. The Balaban J connectivity index is 2.72. The lowest BCUT2D eigenvalue weighted by molar-refractivity contribution is 0.973. The molecule has 0 N–H and O–H groups in total. The molecule has 0 aliphatic heterocycles. The fourth-order valence-corrected chi connectivity index (χ4v) is 0.919. The van der Waals surface area contributed by atoms with E-state index < -0.39 is 0 Å². The molecule has 0 nitrogen and oxygen atoms in total. The highest BCUT2D eigenvalue weighted by Gasteiger charge is 1.78. The third-order valence-electron chi connectivity index (χ3n) is 0.886. The Morgan fingerprint density at radius 3 is 2.88 bits per heavy atom. The SMILES string of the molecule is [CH2]C=CCCCSC. The summed E-state index contributed by atoms with van der Waals surface area (Å²) in [5, 5.41) is 0. The molecule has 0 aromatic carbocycles. The summed E-state index contributed by atoms with van der Waals surface area (Å²) in [7, 11) is 0. The average Bonchev–Trinajstić information content (AvgIpc) is 1.81. The predicted octanol–water partition coefficient (Wildman–Crippen LogP) is 2.52. The molecule has 0 atom stereocenters. The molecule has 0 spiro atoms. The largest absolute Gasteiger partial charge is 0.165 e. The zero-order valence-electron chi connectivity index (χ0n) is 5.39. The topological polar surface area (TPSA) is 0 Å². The summed E-state index contributed by atoms with van der Waals surface area (Å²) in [6.07, 6.45) is 8.57. The molecule has 0 bridgehead atoms. The van der Waals surface area contributed by atoms with E-state index in [4.69, 9.17) is 0 Å². The van der Waals surface area contributed by atoms with Crippen molar-refractivity contribution in [1.29, 1.82) is 0 Å². The predicted molar refractivity (Wildman–Crippen MR) is 42.1 cm³/mol. The minimum Gasteiger partial charge on any atom is -0.165 e. The fraction of sp³-hybridized carbons (Fsp3) is 0.571. The smallest absolute Gasteiger partial charge is 0.00674 e. The van der Waals surface area contributed by atoms with E-state index in [0.717, 1.165) is 0 Å². The van der Waals surface area contributed by atoms with Crippen LogP contribution in [0.1, 0.15) is 12.8 Å². The molecule has 0 aromatic rings. The van der Waals surface area contributed by atoms with E-state index in [-0.39, 0.29) is 0 Å². The Hall–Kier alpha value is 0.0900. The first-order valence-corrected chi connectivity index (χ1v) is 4.24. The molecule has 1 radical (unpaired) electrons. The molecule has 0 amide bonds. The third kappa shape index (κ3) is 6.09. The van der Waals surface area contributed by atoms with Crippen LogP contribution in [-0.2, 0) is 0 Å². The van der Waals surface area contributed by atoms with Crippen molar-refractivity contribution in [3.8, 4) is 0 Å². The molecule has 47 valence electrons. The Morgan fingerprint density at radius 1 is 1.62 bits per heavy atom. The highest BCUT2D eigenvalue weighted by Crippen LogP contribution is 1.98. The number of allylic oxidation sites excluding steroid dienone is 2. The Kier molecular flexibility index (Phi) is 7.17. The summed E-state index contributed by atoms with van der Waals surface area (Å²) in [6, 6.07) is 0. The van der Waals surface area contributed by atoms with Crippen LogP contribution < -0.4 is 0 Å². The standard InChI is InChI=1S/C7H13S/c1-3-4-5-6-7-8-2/h3-4H,1,5-7H2,2H3. The molecule has 0 heterocycles. The first kappa shape index (κ1) is 8.09. The van der Waals surface area contributed by atoms with E-state index in [0.29, 0.717) is 0 Å². The van der Waals surface area contributed by atoms with Crippen molar-refractivity contribution in [3.63, 3.8) is 0 Å². The van der Waals surface area contributed by atoms with Gasteiger partial charge in [-0.1, -0.05) is 12.2 Å². The van der Waals surface area contributed by atoms with Crippen molar-refractivity contribution in [2.24, 2.45) is 0 Å². The van der Waals surface area contributed by atoms with Crippen LogP contribution in [0.2, 0.25) is 0 Å². The van der Waals surface area contributed by atoms with E-state index in [2.05, 4.69) is 19.3 Å². The molecular formula is C7H13S. The number of rotatable bonds is 4. The highest BCUT2D eigenvalue weighted by molar-refractivity contribution is 7.98. The van der Waals surface area contributed by atoms with Crippen LogP contribution in [0.25, 0.3) is 0 Å². The maximum absolute atomic E-state index is 3.60. The molecule has 0 aliphatic rings. The quantitative estimate of drug-likeness (QED) is 0.526. The van der Waals surface area contributed by atoms with Crippen LogP contribution in [0.3, 0.4) is 0 Å². The number of unbranched alkanes of at least 4 members (excludes halogenated alkanes) is 1. The van der Waals surface area contributed by atoms with Crippen molar-refractivity contribution >= 4 is 11.8 Å². The lowest BCUT2D eigenvalue weighted by atomic mass is 10.3. The van der Waals surface area contributed by atoms with Gasteiger partial charge in [0.2, 0.25) is 0 Å². The van der Waals surface area contributed by atoms with Gasteiger partial charge >= 0.3 is 0 Å². The van der Waals surface area contributed by atoms with Crippen LogP contribution in [-0.4, -0.2) is 12.0 Å². The minimum absolute atomic E-state index is 1.18. The van der Waals surface area contributed by atoms with Gasteiger partial charge < -0.3 is 0 Å². The second kappa shape index (κ2) is 7.09. The number of thioether (sulfide) groups is 1. The maximum Gasteiger partial charge on any atom is -0.00674 e. The molecule has 8 heavy (non-hydrogen) atoms. The zero-order chi connectivity index (χ0) is 6.24. The third-order valence-corrected chi connectivity index (χ3v) is 1.58. The lowest BCUT2D eigenvalue weighted by Crippen LogP contribution is -1.73. The Labute approximate surface area is 56.4 Å². The van der Waals surface area contributed by atoms with E-state index in [1.165, 1.54) is 18.6 Å². The van der Waals surface area contributed by atoms with E-state index in [1.54, 1.807) is 0 Å². The number of hydrogen-bond donors (Lipinski definition) is 0. The molecule has 0 aromatic heterocycles.